The first kappa shape index (κ1) is 23.0. The number of guanidine groups is 1. The maximum absolute atomic E-state index is 5.96. The first-order valence-corrected chi connectivity index (χ1v) is 8.86. The van der Waals surface area contributed by atoms with Crippen LogP contribution in [0.3, 0.4) is 0 Å². The Balaban J connectivity index is 0.00000364. The molecule has 0 aliphatic rings. The molecule has 1 heterocycles. The lowest BCUT2D eigenvalue weighted by atomic mass is 10.3. The van der Waals surface area contributed by atoms with Gasteiger partial charge in [-0.25, -0.2) is 4.99 Å². The van der Waals surface area contributed by atoms with Crippen LogP contribution in [0.1, 0.15) is 26.6 Å². The van der Waals surface area contributed by atoms with Crippen LogP contribution >= 0.6 is 24.0 Å². The summed E-state index contributed by atoms with van der Waals surface area (Å²) in [7, 11) is 1.64. The van der Waals surface area contributed by atoms with Crippen molar-refractivity contribution in [1.82, 2.24) is 25.4 Å². The van der Waals surface area contributed by atoms with Gasteiger partial charge in [0.2, 0.25) is 0 Å². The van der Waals surface area contributed by atoms with E-state index in [0.717, 1.165) is 30.4 Å². The van der Waals surface area contributed by atoms with Gasteiger partial charge in [0.15, 0.2) is 23.3 Å². The van der Waals surface area contributed by atoms with Gasteiger partial charge in [-0.15, -0.1) is 34.2 Å². The predicted molar refractivity (Wildman–Crippen MR) is 117 cm³/mol. The van der Waals surface area contributed by atoms with E-state index in [1.807, 2.05) is 42.7 Å². The van der Waals surface area contributed by atoms with Crippen LogP contribution in [0.25, 0.3) is 0 Å². The average molecular weight is 488 g/mol. The summed E-state index contributed by atoms with van der Waals surface area (Å²) in [6.07, 6.45) is 1.66. The van der Waals surface area contributed by atoms with Crippen molar-refractivity contribution in [2.45, 2.75) is 40.0 Å². The smallest absolute Gasteiger partial charge is 0.191 e. The predicted octanol–water partition coefficient (Wildman–Crippen LogP) is 2.45. The highest BCUT2D eigenvalue weighted by Crippen LogP contribution is 2.26. The van der Waals surface area contributed by atoms with Crippen LogP contribution in [-0.2, 0) is 13.1 Å². The standard InChI is InChI=1S/C18H28N6O2.HI/c1-5-19-18(21-12-17-23-22-13-24(17)6-2)20-11-14(3)26-16-10-8-7-9-15(16)25-4;/h7-10,13-14H,5-6,11-12H2,1-4H3,(H2,19,20,21);1H. The number of hydrogen-bond acceptors (Lipinski definition) is 5. The van der Waals surface area contributed by atoms with Gasteiger partial charge in [0.05, 0.1) is 13.7 Å². The maximum atomic E-state index is 5.96. The van der Waals surface area contributed by atoms with Crippen LogP contribution in [0.2, 0.25) is 0 Å². The molecular formula is C18H29IN6O2. The summed E-state index contributed by atoms with van der Waals surface area (Å²) in [5.41, 5.74) is 0. The second kappa shape index (κ2) is 12.4. The van der Waals surface area contributed by atoms with Gasteiger partial charge < -0.3 is 24.7 Å². The van der Waals surface area contributed by atoms with Crippen molar-refractivity contribution >= 4 is 29.9 Å². The number of nitrogens with one attached hydrogen (secondary N) is 2. The Morgan fingerprint density at radius 2 is 1.96 bits per heavy atom. The fourth-order valence-electron chi connectivity index (χ4n) is 2.37. The third kappa shape index (κ3) is 7.24. The zero-order valence-electron chi connectivity index (χ0n) is 16.3. The van der Waals surface area contributed by atoms with Gasteiger partial charge in [-0.05, 0) is 32.9 Å². The van der Waals surface area contributed by atoms with Crippen molar-refractivity contribution in [2.75, 3.05) is 20.2 Å². The van der Waals surface area contributed by atoms with E-state index in [1.165, 1.54) is 0 Å². The van der Waals surface area contributed by atoms with Crippen LogP contribution in [0, 0.1) is 0 Å². The molecule has 1 atom stereocenters. The molecule has 2 aromatic rings. The molecule has 0 amide bonds. The summed E-state index contributed by atoms with van der Waals surface area (Å²) < 4.78 is 13.2. The molecule has 0 aliphatic heterocycles. The Bertz CT molecular complexity index is 707. The van der Waals surface area contributed by atoms with E-state index in [0.29, 0.717) is 19.0 Å². The van der Waals surface area contributed by atoms with Crippen LogP contribution < -0.4 is 20.1 Å². The molecular weight excluding hydrogens is 459 g/mol. The third-order valence-electron chi connectivity index (χ3n) is 3.71. The van der Waals surface area contributed by atoms with Crippen LogP contribution in [0.5, 0.6) is 11.5 Å². The normalized spacial score (nSPS) is 12.1. The molecule has 0 spiro atoms. The topological polar surface area (TPSA) is 85.6 Å². The molecule has 0 aliphatic carbocycles. The Morgan fingerprint density at radius 1 is 1.22 bits per heavy atom. The summed E-state index contributed by atoms with van der Waals surface area (Å²) in [4.78, 5) is 4.57. The molecule has 2 N–H and O–H groups in total. The molecule has 27 heavy (non-hydrogen) atoms. The molecule has 8 nitrogen and oxygen atoms in total. The molecule has 0 fully saturated rings. The lowest BCUT2D eigenvalue weighted by Gasteiger charge is -2.19. The number of rotatable bonds is 9. The molecule has 2 rings (SSSR count). The molecule has 0 saturated heterocycles. The van der Waals surface area contributed by atoms with Gasteiger partial charge in [0.1, 0.15) is 19.0 Å². The van der Waals surface area contributed by atoms with Crippen molar-refractivity contribution in [2.24, 2.45) is 4.99 Å². The highest BCUT2D eigenvalue weighted by atomic mass is 127. The number of nitrogens with zero attached hydrogens (tertiary/aromatic N) is 4. The summed E-state index contributed by atoms with van der Waals surface area (Å²) in [6, 6.07) is 7.62. The highest BCUT2D eigenvalue weighted by Gasteiger charge is 2.10. The van der Waals surface area contributed by atoms with E-state index in [2.05, 4.69) is 32.7 Å². The van der Waals surface area contributed by atoms with Gasteiger partial charge in [-0.2, -0.15) is 0 Å². The highest BCUT2D eigenvalue weighted by molar-refractivity contribution is 14.0. The number of halogens is 1. The zero-order valence-corrected chi connectivity index (χ0v) is 18.6. The number of ether oxygens (including phenoxy) is 2. The van der Waals surface area contributed by atoms with Crippen molar-refractivity contribution in [3.05, 3.63) is 36.4 Å². The maximum Gasteiger partial charge on any atom is 0.191 e. The average Bonchev–Trinajstić information content (AvgIpc) is 3.12. The number of aromatic nitrogens is 3. The SMILES string of the molecule is CCNC(=NCc1nncn1CC)NCC(C)Oc1ccccc1OC.I. The lowest BCUT2D eigenvalue weighted by Crippen LogP contribution is -2.41. The Morgan fingerprint density at radius 3 is 2.63 bits per heavy atom. The molecule has 0 radical (unpaired) electrons. The Labute approximate surface area is 177 Å². The van der Waals surface area contributed by atoms with Crippen molar-refractivity contribution < 1.29 is 9.47 Å². The van der Waals surface area contributed by atoms with Gasteiger partial charge in [0, 0.05) is 13.1 Å². The molecule has 0 bridgehead atoms. The summed E-state index contributed by atoms with van der Waals surface area (Å²) in [5, 5.41) is 14.5. The van der Waals surface area contributed by atoms with E-state index in [-0.39, 0.29) is 30.1 Å². The molecule has 1 aromatic carbocycles. The van der Waals surface area contributed by atoms with Gasteiger partial charge >= 0.3 is 0 Å². The van der Waals surface area contributed by atoms with Crippen molar-refractivity contribution in [3.8, 4) is 11.5 Å². The first-order valence-electron chi connectivity index (χ1n) is 8.86. The summed E-state index contributed by atoms with van der Waals surface area (Å²) in [5.74, 6) is 3.00. The number of benzene rings is 1. The van der Waals surface area contributed by atoms with Gasteiger partial charge in [-0.1, -0.05) is 12.1 Å². The minimum absolute atomic E-state index is 0. The van der Waals surface area contributed by atoms with Gasteiger partial charge in [0.25, 0.3) is 0 Å². The monoisotopic (exact) mass is 488 g/mol. The van der Waals surface area contributed by atoms with E-state index in [9.17, 15) is 0 Å². The molecule has 150 valence electrons. The third-order valence-corrected chi connectivity index (χ3v) is 3.71. The fraction of sp³-hybridized carbons (Fsp3) is 0.500. The lowest BCUT2D eigenvalue weighted by molar-refractivity contribution is 0.213. The number of aryl methyl sites for hydroxylation is 1. The summed E-state index contributed by atoms with van der Waals surface area (Å²) in [6.45, 7) is 8.74. The van der Waals surface area contributed by atoms with Crippen LogP contribution in [0.4, 0.5) is 0 Å². The zero-order chi connectivity index (χ0) is 18.8. The number of methoxy groups -OCH3 is 1. The summed E-state index contributed by atoms with van der Waals surface area (Å²) >= 11 is 0. The molecule has 0 saturated carbocycles. The van der Waals surface area contributed by atoms with E-state index >= 15 is 0 Å². The number of para-hydroxylation sites is 2. The fourth-order valence-corrected chi connectivity index (χ4v) is 2.37. The Kier molecular flexibility index (Phi) is 10.5. The van der Waals surface area contributed by atoms with E-state index in [1.54, 1.807) is 13.4 Å². The second-order valence-electron chi connectivity index (χ2n) is 5.69. The Hall–Kier alpha value is -2.04. The van der Waals surface area contributed by atoms with E-state index in [4.69, 9.17) is 9.47 Å². The van der Waals surface area contributed by atoms with Crippen LogP contribution in [-0.4, -0.2) is 47.0 Å². The van der Waals surface area contributed by atoms with E-state index < -0.39 is 0 Å². The minimum atomic E-state index is -0.0607. The van der Waals surface area contributed by atoms with Crippen molar-refractivity contribution in [3.63, 3.8) is 0 Å². The van der Waals surface area contributed by atoms with Crippen molar-refractivity contribution in [1.29, 1.82) is 0 Å². The number of aliphatic imine (C=N–C) groups is 1. The molecule has 1 unspecified atom stereocenters. The molecule has 9 heteroatoms. The van der Waals surface area contributed by atoms with Gasteiger partial charge in [-0.3, -0.25) is 0 Å². The minimum Gasteiger partial charge on any atom is -0.493 e. The van der Waals surface area contributed by atoms with Crippen LogP contribution in [0.15, 0.2) is 35.6 Å². The second-order valence-corrected chi connectivity index (χ2v) is 5.69. The number of hydrogen-bond donors (Lipinski definition) is 2. The quantitative estimate of drug-likeness (QED) is 0.321. The largest absolute Gasteiger partial charge is 0.493 e. The molecule has 1 aromatic heterocycles. The first-order chi connectivity index (χ1) is 12.7.